The second kappa shape index (κ2) is 5.95. The molecule has 2 N–H and O–H groups in total. The number of rotatable bonds is 4. The lowest BCUT2D eigenvalue weighted by Crippen LogP contribution is -2.39. The highest BCUT2D eigenvalue weighted by molar-refractivity contribution is 7.99. The van der Waals surface area contributed by atoms with Crippen LogP contribution in [0.25, 0.3) is 0 Å². The molecule has 5 heteroatoms. The van der Waals surface area contributed by atoms with E-state index in [9.17, 15) is 4.79 Å². The predicted octanol–water partition coefficient (Wildman–Crippen LogP) is 3.33. The summed E-state index contributed by atoms with van der Waals surface area (Å²) in [5.74, 6) is 0.210. The Morgan fingerprint density at radius 3 is 3.11 bits per heavy atom. The molecule has 98 valence electrons. The molecule has 1 heterocycles. The molecule has 0 aliphatic carbocycles. The van der Waals surface area contributed by atoms with Gasteiger partial charge >= 0.3 is 5.97 Å². The highest BCUT2D eigenvalue weighted by atomic mass is 35.5. The number of carbonyl (C=O) groups is 1. The zero-order valence-electron chi connectivity index (χ0n) is 10.1. The van der Waals surface area contributed by atoms with Gasteiger partial charge in [0.15, 0.2) is 0 Å². The number of carboxylic acid groups (broad SMARTS) is 1. The quantitative estimate of drug-likeness (QED) is 0.891. The number of halogens is 1. The Morgan fingerprint density at radius 2 is 2.44 bits per heavy atom. The van der Waals surface area contributed by atoms with Crippen LogP contribution in [0.2, 0.25) is 5.02 Å². The summed E-state index contributed by atoms with van der Waals surface area (Å²) >= 11 is 7.82. The number of nitrogens with one attached hydrogen (secondary N) is 1. The van der Waals surface area contributed by atoms with Crippen LogP contribution in [0.1, 0.15) is 31.4 Å². The van der Waals surface area contributed by atoms with Crippen molar-refractivity contribution in [2.75, 3.05) is 5.75 Å². The van der Waals surface area contributed by atoms with E-state index in [0.29, 0.717) is 11.4 Å². The summed E-state index contributed by atoms with van der Waals surface area (Å²) in [7, 11) is 0. The Kier molecular flexibility index (Phi) is 4.54. The van der Waals surface area contributed by atoms with E-state index in [1.165, 1.54) is 4.90 Å². The van der Waals surface area contributed by atoms with E-state index in [0.717, 1.165) is 17.7 Å². The van der Waals surface area contributed by atoms with Gasteiger partial charge in [-0.25, -0.2) is 0 Å². The number of aliphatic carboxylic acids is 1. The molecule has 1 aromatic carbocycles. The summed E-state index contributed by atoms with van der Waals surface area (Å²) in [6.07, 6.45) is 1.51. The molecule has 2 unspecified atom stereocenters. The number of carboxylic acids is 1. The predicted molar refractivity (Wildman–Crippen MR) is 74.4 cm³/mol. The van der Waals surface area contributed by atoms with Crippen LogP contribution in [0.4, 0.5) is 0 Å². The zero-order valence-corrected chi connectivity index (χ0v) is 11.7. The lowest BCUT2D eigenvalue weighted by atomic mass is 10.0. The molecule has 0 spiro atoms. The standard InChI is InChI=1S/C13H16ClNO2S/c1-2-10(13(16)17)15-11-5-6-18-12-4-3-8(14)7-9(11)12/h3-4,7,10-11,15H,2,5-6H2,1H3,(H,16,17). The van der Waals surface area contributed by atoms with Crippen molar-refractivity contribution >= 4 is 29.3 Å². The molecule has 2 rings (SSSR count). The van der Waals surface area contributed by atoms with Gasteiger partial charge in [0, 0.05) is 16.0 Å². The summed E-state index contributed by atoms with van der Waals surface area (Å²) in [6, 6.07) is 5.42. The summed E-state index contributed by atoms with van der Waals surface area (Å²) in [6.45, 7) is 1.88. The van der Waals surface area contributed by atoms with E-state index < -0.39 is 12.0 Å². The van der Waals surface area contributed by atoms with Gasteiger partial charge in [-0.2, -0.15) is 0 Å². The molecule has 1 aliphatic heterocycles. The second-order valence-corrected chi connectivity index (χ2v) is 5.91. The molecule has 0 fully saturated rings. The van der Waals surface area contributed by atoms with Crippen LogP contribution < -0.4 is 5.32 Å². The van der Waals surface area contributed by atoms with Crippen LogP contribution >= 0.6 is 23.4 Å². The van der Waals surface area contributed by atoms with Crippen molar-refractivity contribution in [2.24, 2.45) is 0 Å². The summed E-state index contributed by atoms with van der Waals surface area (Å²) in [4.78, 5) is 12.3. The first-order valence-corrected chi connectivity index (χ1v) is 7.39. The Labute approximate surface area is 116 Å². The molecule has 0 amide bonds. The van der Waals surface area contributed by atoms with E-state index in [2.05, 4.69) is 5.32 Å². The van der Waals surface area contributed by atoms with Crippen molar-refractivity contribution in [1.29, 1.82) is 0 Å². The Hall–Kier alpha value is -0.710. The lowest BCUT2D eigenvalue weighted by molar-refractivity contribution is -0.139. The van der Waals surface area contributed by atoms with E-state index in [-0.39, 0.29) is 6.04 Å². The van der Waals surface area contributed by atoms with Gasteiger partial charge in [0.05, 0.1) is 0 Å². The Morgan fingerprint density at radius 1 is 1.67 bits per heavy atom. The van der Waals surface area contributed by atoms with Crippen LogP contribution in [-0.4, -0.2) is 22.9 Å². The molecule has 0 radical (unpaired) electrons. The fourth-order valence-electron chi connectivity index (χ4n) is 2.15. The number of thioether (sulfide) groups is 1. The van der Waals surface area contributed by atoms with E-state index in [1.807, 2.05) is 25.1 Å². The molecule has 0 saturated carbocycles. The largest absolute Gasteiger partial charge is 0.480 e. The SMILES string of the molecule is CCC(NC1CCSc2ccc(Cl)cc21)C(=O)O. The zero-order chi connectivity index (χ0) is 13.1. The third-order valence-corrected chi connectivity index (χ3v) is 4.48. The number of hydrogen-bond acceptors (Lipinski definition) is 3. The third-order valence-electron chi connectivity index (χ3n) is 3.12. The molecule has 0 bridgehead atoms. The molecule has 0 aromatic heterocycles. The lowest BCUT2D eigenvalue weighted by Gasteiger charge is -2.28. The highest BCUT2D eigenvalue weighted by Crippen LogP contribution is 2.37. The number of benzene rings is 1. The van der Waals surface area contributed by atoms with Gasteiger partial charge in [-0.05, 0) is 42.4 Å². The smallest absolute Gasteiger partial charge is 0.320 e. The van der Waals surface area contributed by atoms with Gasteiger partial charge in [-0.3, -0.25) is 10.1 Å². The molecular formula is C13H16ClNO2S. The van der Waals surface area contributed by atoms with E-state index in [4.69, 9.17) is 16.7 Å². The van der Waals surface area contributed by atoms with Crippen molar-refractivity contribution in [3.05, 3.63) is 28.8 Å². The number of hydrogen-bond donors (Lipinski definition) is 2. The first kappa shape index (κ1) is 13.7. The minimum Gasteiger partial charge on any atom is -0.480 e. The molecule has 18 heavy (non-hydrogen) atoms. The van der Waals surface area contributed by atoms with Crippen molar-refractivity contribution in [1.82, 2.24) is 5.32 Å². The Balaban J connectivity index is 2.21. The van der Waals surface area contributed by atoms with Gasteiger partial charge in [-0.1, -0.05) is 18.5 Å². The maximum atomic E-state index is 11.1. The van der Waals surface area contributed by atoms with Crippen molar-refractivity contribution in [2.45, 2.75) is 36.7 Å². The minimum absolute atomic E-state index is 0.0843. The minimum atomic E-state index is -0.792. The van der Waals surface area contributed by atoms with Gasteiger partial charge in [0.1, 0.15) is 6.04 Å². The summed E-state index contributed by atoms with van der Waals surface area (Å²) in [5.41, 5.74) is 1.12. The molecule has 0 saturated heterocycles. The first-order valence-electron chi connectivity index (χ1n) is 6.03. The van der Waals surface area contributed by atoms with Crippen LogP contribution in [0.5, 0.6) is 0 Å². The second-order valence-electron chi connectivity index (χ2n) is 4.34. The summed E-state index contributed by atoms with van der Waals surface area (Å²) in [5, 5.41) is 13.0. The van der Waals surface area contributed by atoms with Gasteiger partial charge < -0.3 is 5.11 Å². The first-order chi connectivity index (χ1) is 8.61. The van der Waals surface area contributed by atoms with Crippen LogP contribution in [0.3, 0.4) is 0 Å². The van der Waals surface area contributed by atoms with E-state index in [1.54, 1.807) is 11.8 Å². The topological polar surface area (TPSA) is 49.3 Å². The average Bonchev–Trinajstić information content (AvgIpc) is 2.35. The fraction of sp³-hybridized carbons (Fsp3) is 0.462. The molecule has 2 atom stereocenters. The molecular weight excluding hydrogens is 270 g/mol. The van der Waals surface area contributed by atoms with Crippen molar-refractivity contribution in [3.8, 4) is 0 Å². The Bertz CT molecular complexity index is 453. The monoisotopic (exact) mass is 285 g/mol. The van der Waals surface area contributed by atoms with Gasteiger partial charge in [-0.15, -0.1) is 11.8 Å². The normalized spacial score (nSPS) is 20.2. The van der Waals surface area contributed by atoms with Gasteiger partial charge in [0.2, 0.25) is 0 Å². The molecule has 1 aliphatic rings. The molecule has 3 nitrogen and oxygen atoms in total. The highest BCUT2D eigenvalue weighted by Gasteiger charge is 2.25. The number of fused-ring (bicyclic) bond motifs is 1. The van der Waals surface area contributed by atoms with E-state index >= 15 is 0 Å². The van der Waals surface area contributed by atoms with Crippen molar-refractivity contribution < 1.29 is 9.90 Å². The maximum absolute atomic E-state index is 11.1. The van der Waals surface area contributed by atoms with Gasteiger partial charge in [0.25, 0.3) is 0 Å². The fourth-order valence-corrected chi connectivity index (χ4v) is 3.43. The van der Waals surface area contributed by atoms with Crippen molar-refractivity contribution in [3.63, 3.8) is 0 Å². The van der Waals surface area contributed by atoms with Crippen LogP contribution in [-0.2, 0) is 4.79 Å². The average molecular weight is 286 g/mol. The summed E-state index contributed by atoms with van der Waals surface area (Å²) < 4.78 is 0. The van der Waals surface area contributed by atoms with Crippen LogP contribution in [0.15, 0.2) is 23.1 Å². The molecule has 1 aromatic rings. The maximum Gasteiger partial charge on any atom is 0.320 e. The van der Waals surface area contributed by atoms with Crippen LogP contribution in [0, 0.1) is 0 Å². The third kappa shape index (κ3) is 2.99.